The van der Waals surface area contributed by atoms with Crippen LogP contribution in [0.5, 0.6) is 0 Å². The minimum atomic E-state index is -0.981. The van der Waals surface area contributed by atoms with Crippen molar-refractivity contribution in [2.45, 2.75) is 5.25 Å². The van der Waals surface area contributed by atoms with Crippen molar-refractivity contribution in [3.63, 3.8) is 0 Å². The fourth-order valence-corrected chi connectivity index (χ4v) is 1.62. The molecule has 0 fully saturated rings. The van der Waals surface area contributed by atoms with E-state index in [9.17, 15) is 9.59 Å². The first-order valence-electron chi connectivity index (χ1n) is 3.03. The molecular weight excluding hydrogens is 182 g/mol. The Hall–Kier alpha value is -1.21. The second kappa shape index (κ2) is 2.39. The molecule has 6 nitrogen and oxygen atoms in total. The summed E-state index contributed by atoms with van der Waals surface area (Å²) in [6.45, 7) is 0. The molecule has 0 spiro atoms. The van der Waals surface area contributed by atoms with E-state index in [1.54, 1.807) is 0 Å². The van der Waals surface area contributed by atoms with E-state index in [1.165, 1.54) is 5.55 Å². The Morgan fingerprint density at radius 1 is 1.58 bits per heavy atom. The van der Waals surface area contributed by atoms with Gasteiger partial charge in [-0.25, -0.2) is 9.79 Å². The highest BCUT2D eigenvalue weighted by molar-refractivity contribution is 8.14. The van der Waals surface area contributed by atoms with Crippen molar-refractivity contribution >= 4 is 35.1 Å². The summed E-state index contributed by atoms with van der Waals surface area (Å²) in [5, 5.41) is 8.22. The number of imide groups is 1. The lowest BCUT2D eigenvalue weighted by atomic mass is 10.3. The van der Waals surface area contributed by atoms with Crippen LogP contribution in [0.25, 0.3) is 0 Å². The van der Waals surface area contributed by atoms with Crippen molar-refractivity contribution in [2.75, 3.05) is 0 Å². The van der Waals surface area contributed by atoms with Crippen molar-refractivity contribution in [3.05, 3.63) is 0 Å². The number of carbonyl (C=O) groups is 2. The van der Waals surface area contributed by atoms with Crippen LogP contribution >= 0.6 is 11.8 Å². The minimum absolute atomic E-state index is 0.00977. The molecule has 0 saturated carbocycles. The van der Waals surface area contributed by atoms with E-state index in [4.69, 9.17) is 5.21 Å². The highest BCUT2D eigenvalue weighted by atomic mass is 32.2. The molecule has 1 N–H and O–H groups in total. The molecule has 1 unspecified atom stereocenters. The molecule has 2 rings (SSSR count). The third-order valence-electron chi connectivity index (χ3n) is 1.44. The Labute approximate surface area is 70.9 Å². The van der Waals surface area contributed by atoms with E-state index in [0.717, 1.165) is 11.8 Å². The molecule has 12 heavy (non-hydrogen) atoms. The second-order valence-electron chi connectivity index (χ2n) is 2.15. The molecule has 2 heterocycles. The number of amidine groups is 1. The molecule has 0 aromatic heterocycles. The van der Waals surface area contributed by atoms with Crippen LogP contribution in [0.1, 0.15) is 0 Å². The third-order valence-corrected chi connectivity index (χ3v) is 2.35. The van der Waals surface area contributed by atoms with Gasteiger partial charge in [-0.05, 0) is 0 Å². The van der Waals surface area contributed by atoms with Gasteiger partial charge < -0.3 is 0 Å². The molecule has 0 radical (unpaired) electrons. The van der Waals surface area contributed by atoms with E-state index in [0.29, 0.717) is 0 Å². The van der Waals surface area contributed by atoms with Crippen LogP contribution in [0.2, 0.25) is 0 Å². The van der Waals surface area contributed by atoms with Gasteiger partial charge in [0.25, 0.3) is 5.91 Å². The van der Waals surface area contributed by atoms with Gasteiger partial charge in [0.05, 0.1) is 5.55 Å². The summed E-state index contributed by atoms with van der Waals surface area (Å²) in [6.07, 6.45) is 0. The molecule has 0 aromatic carbocycles. The maximum absolute atomic E-state index is 11.1. The lowest BCUT2D eigenvalue weighted by molar-refractivity contribution is -0.150. The lowest BCUT2D eigenvalue weighted by Gasteiger charge is -2.18. The first-order valence-corrected chi connectivity index (χ1v) is 3.98. The maximum Gasteiger partial charge on any atom is 0.376 e. The van der Waals surface area contributed by atoms with Crippen molar-refractivity contribution in [2.24, 2.45) is 9.98 Å². The lowest BCUT2D eigenvalue weighted by Crippen LogP contribution is -2.44. The fourth-order valence-electron chi connectivity index (χ4n) is 0.881. The Kier molecular flexibility index (Phi) is 1.48. The molecule has 2 aliphatic rings. The molecule has 2 aliphatic heterocycles. The zero-order valence-electron chi connectivity index (χ0n) is 5.67. The summed E-state index contributed by atoms with van der Waals surface area (Å²) < 4.78 is 0. The Morgan fingerprint density at radius 2 is 2.33 bits per heavy atom. The van der Waals surface area contributed by atoms with Gasteiger partial charge in [-0.3, -0.25) is 10.0 Å². The highest BCUT2D eigenvalue weighted by Crippen LogP contribution is 2.23. The number of hydroxylamine groups is 2. The Bertz CT molecular complexity index is 324. The molecule has 0 aromatic rings. The number of nitrogens with zero attached hydrogens (tertiary/aromatic N) is 3. The fraction of sp³-hybridized carbons (Fsp3) is 0.200. The first-order chi connectivity index (χ1) is 5.70. The van der Waals surface area contributed by atoms with Crippen LogP contribution in [-0.2, 0) is 4.79 Å². The number of hydrogen-bond acceptors (Lipinski definition) is 5. The normalized spacial score (nSPS) is 27.6. The number of urea groups is 1. The summed E-state index contributed by atoms with van der Waals surface area (Å²) in [6, 6.07) is -0.981. The van der Waals surface area contributed by atoms with Crippen LogP contribution in [0.15, 0.2) is 9.98 Å². The Balaban J connectivity index is 2.42. The summed E-state index contributed by atoms with van der Waals surface area (Å²) in [7, 11) is 0. The predicted octanol–water partition coefficient (Wildman–Crippen LogP) is -0.120. The summed E-state index contributed by atoms with van der Waals surface area (Å²) in [5.74, 6) is -0.521. The Morgan fingerprint density at radius 3 is 3.08 bits per heavy atom. The second-order valence-corrected chi connectivity index (χ2v) is 3.11. The van der Waals surface area contributed by atoms with E-state index in [2.05, 4.69) is 9.98 Å². The van der Waals surface area contributed by atoms with Gasteiger partial charge in [0.1, 0.15) is 0 Å². The minimum Gasteiger partial charge on any atom is -0.277 e. The number of rotatable bonds is 0. The molecule has 7 heteroatoms. The van der Waals surface area contributed by atoms with Gasteiger partial charge >= 0.3 is 6.03 Å². The quantitative estimate of drug-likeness (QED) is 0.533. The van der Waals surface area contributed by atoms with E-state index < -0.39 is 17.2 Å². The van der Waals surface area contributed by atoms with Crippen LogP contribution in [-0.4, -0.2) is 38.8 Å². The average molecular weight is 185 g/mol. The van der Waals surface area contributed by atoms with E-state index in [1.807, 2.05) is 0 Å². The van der Waals surface area contributed by atoms with Gasteiger partial charge in [-0.15, -0.1) is 5.06 Å². The molecule has 3 amide bonds. The molecule has 0 bridgehead atoms. The smallest absolute Gasteiger partial charge is 0.277 e. The van der Waals surface area contributed by atoms with Crippen LogP contribution in [0, 0.1) is 0 Å². The van der Waals surface area contributed by atoms with Gasteiger partial charge in [-0.2, -0.15) is 4.99 Å². The zero-order valence-corrected chi connectivity index (χ0v) is 6.48. The number of carbonyl (C=O) groups excluding carboxylic acids is 2. The zero-order chi connectivity index (χ0) is 8.72. The van der Waals surface area contributed by atoms with E-state index in [-0.39, 0.29) is 10.9 Å². The summed E-state index contributed by atoms with van der Waals surface area (Å²) >= 11 is 1.11. The predicted molar refractivity (Wildman–Crippen MR) is 41.3 cm³/mol. The largest absolute Gasteiger partial charge is 0.376 e. The van der Waals surface area contributed by atoms with Crippen LogP contribution in [0.4, 0.5) is 4.79 Å². The van der Waals surface area contributed by atoms with Crippen molar-refractivity contribution in [3.8, 4) is 0 Å². The molecule has 1 atom stereocenters. The first kappa shape index (κ1) is 7.44. The highest BCUT2D eigenvalue weighted by Gasteiger charge is 2.39. The van der Waals surface area contributed by atoms with Crippen LogP contribution in [0.3, 0.4) is 0 Å². The number of fused-ring (bicyclic) bond motifs is 1. The third kappa shape index (κ3) is 0.868. The monoisotopic (exact) mass is 185 g/mol. The number of hydrogen-bond donors (Lipinski definition) is 1. The summed E-state index contributed by atoms with van der Waals surface area (Å²) in [4.78, 5) is 28.9. The molecule has 0 aliphatic carbocycles. The molecule has 0 saturated heterocycles. The van der Waals surface area contributed by atoms with Gasteiger partial charge in [0.2, 0.25) is 0 Å². The van der Waals surface area contributed by atoms with Gasteiger partial charge in [-0.1, -0.05) is 11.8 Å². The number of aliphatic imine (C=N–C) groups is 2. The van der Waals surface area contributed by atoms with Crippen molar-refractivity contribution in [1.82, 2.24) is 5.06 Å². The van der Waals surface area contributed by atoms with Crippen molar-refractivity contribution in [1.29, 1.82) is 0 Å². The van der Waals surface area contributed by atoms with Gasteiger partial charge in [0, 0.05) is 0 Å². The SMILES string of the molecule is O=C1N=C2N=CSC2C(=O)N1O. The van der Waals surface area contributed by atoms with Gasteiger partial charge in [0.15, 0.2) is 11.1 Å². The maximum atomic E-state index is 11.1. The number of amides is 3. The van der Waals surface area contributed by atoms with Crippen molar-refractivity contribution < 1.29 is 14.8 Å². The van der Waals surface area contributed by atoms with E-state index >= 15 is 0 Å². The standard InChI is InChI=1S/C5H3N3O3S/c9-4-2-3(6-1-12-2)7-5(10)8(4)11/h1-2,11H. The molecule has 62 valence electrons. The van der Waals surface area contributed by atoms with Crippen LogP contribution < -0.4 is 0 Å². The number of thioether (sulfide) groups is 1. The summed E-state index contributed by atoms with van der Waals surface area (Å²) in [5.41, 5.74) is 1.42. The average Bonchev–Trinajstić information content (AvgIpc) is 2.48. The molecular formula is C5H3N3O3S. The topological polar surface area (TPSA) is 82.3 Å².